The summed E-state index contributed by atoms with van der Waals surface area (Å²) in [6.07, 6.45) is 4.40. The number of methoxy groups -OCH3 is 1. The zero-order valence-corrected chi connectivity index (χ0v) is 8.77. The maximum Gasteiger partial charge on any atom is 0.407 e. The van der Waals surface area contributed by atoms with Crippen molar-refractivity contribution >= 4 is 6.09 Å². The van der Waals surface area contributed by atoms with Crippen molar-refractivity contribution in [1.82, 2.24) is 5.32 Å². The third-order valence-corrected chi connectivity index (χ3v) is 1.91. The van der Waals surface area contributed by atoms with Gasteiger partial charge in [0.05, 0.1) is 7.11 Å². The Morgan fingerprint density at radius 1 is 1.33 bits per heavy atom. The van der Waals surface area contributed by atoms with Crippen molar-refractivity contribution in [2.24, 2.45) is 0 Å². The van der Waals surface area contributed by atoms with Gasteiger partial charge in [-0.3, -0.25) is 0 Å². The van der Waals surface area contributed by atoms with Crippen molar-refractivity contribution in [3.05, 3.63) is 48.0 Å². The highest BCUT2D eigenvalue weighted by Gasteiger charge is 1.92. The molecule has 0 spiro atoms. The standard InChI is InChI=1S/C12H15NO2/c1-15-12(14)13-10-6-5-9-11-7-3-2-4-8-11/h2-8H,9-10H2,1H3,(H,13,14). The quantitative estimate of drug-likeness (QED) is 0.765. The van der Waals surface area contributed by atoms with Gasteiger partial charge in [0.25, 0.3) is 0 Å². The van der Waals surface area contributed by atoms with Crippen LogP contribution in [0.5, 0.6) is 0 Å². The Labute approximate surface area is 89.8 Å². The SMILES string of the molecule is COC(=O)NCC=CCc1ccccc1. The van der Waals surface area contributed by atoms with Crippen LogP contribution in [-0.2, 0) is 11.2 Å². The first-order valence-corrected chi connectivity index (χ1v) is 4.83. The molecule has 1 aromatic rings. The van der Waals surface area contributed by atoms with E-state index in [1.165, 1.54) is 12.7 Å². The highest BCUT2D eigenvalue weighted by molar-refractivity contribution is 5.66. The highest BCUT2D eigenvalue weighted by atomic mass is 16.5. The summed E-state index contributed by atoms with van der Waals surface area (Å²) in [7, 11) is 1.35. The Kier molecular flexibility index (Phi) is 5.01. The zero-order chi connectivity index (χ0) is 10.9. The minimum absolute atomic E-state index is 0.403. The molecule has 0 heterocycles. The lowest BCUT2D eigenvalue weighted by molar-refractivity contribution is 0.172. The van der Waals surface area contributed by atoms with E-state index in [1.54, 1.807) is 0 Å². The number of hydrogen-bond acceptors (Lipinski definition) is 2. The average molecular weight is 205 g/mol. The summed E-state index contributed by atoms with van der Waals surface area (Å²) in [5.74, 6) is 0. The van der Waals surface area contributed by atoms with Crippen LogP contribution in [0.1, 0.15) is 5.56 Å². The van der Waals surface area contributed by atoms with Gasteiger partial charge in [-0.25, -0.2) is 4.79 Å². The predicted octanol–water partition coefficient (Wildman–Crippen LogP) is 2.14. The van der Waals surface area contributed by atoms with Crippen LogP contribution >= 0.6 is 0 Å². The van der Waals surface area contributed by atoms with E-state index < -0.39 is 6.09 Å². The zero-order valence-electron chi connectivity index (χ0n) is 8.77. The summed E-state index contributed by atoms with van der Waals surface area (Å²) in [6.45, 7) is 0.500. The molecule has 80 valence electrons. The van der Waals surface area contributed by atoms with E-state index in [2.05, 4.69) is 22.2 Å². The molecule has 0 radical (unpaired) electrons. The highest BCUT2D eigenvalue weighted by Crippen LogP contribution is 1.99. The summed E-state index contributed by atoms with van der Waals surface area (Å²) < 4.78 is 4.43. The van der Waals surface area contributed by atoms with Gasteiger partial charge in [-0.2, -0.15) is 0 Å². The van der Waals surface area contributed by atoms with Crippen LogP contribution < -0.4 is 5.32 Å². The van der Waals surface area contributed by atoms with Gasteiger partial charge in [0, 0.05) is 6.54 Å². The second-order valence-electron chi connectivity index (χ2n) is 3.03. The van der Waals surface area contributed by atoms with E-state index in [0.717, 1.165) is 6.42 Å². The second-order valence-corrected chi connectivity index (χ2v) is 3.03. The van der Waals surface area contributed by atoms with Crippen molar-refractivity contribution in [1.29, 1.82) is 0 Å². The number of carbonyl (C=O) groups excluding carboxylic acids is 1. The molecule has 0 saturated heterocycles. The minimum Gasteiger partial charge on any atom is -0.453 e. The van der Waals surface area contributed by atoms with E-state index in [4.69, 9.17) is 0 Å². The largest absolute Gasteiger partial charge is 0.453 e. The fraction of sp³-hybridized carbons (Fsp3) is 0.250. The molecular formula is C12H15NO2. The van der Waals surface area contributed by atoms with Crippen molar-refractivity contribution in [2.75, 3.05) is 13.7 Å². The maximum atomic E-state index is 10.7. The molecule has 0 unspecified atom stereocenters. The molecule has 1 rings (SSSR count). The molecule has 0 aliphatic rings. The minimum atomic E-state index is -0.403. The van der Waals surface area contributed by atoms with Crippen LogP contribution in [0.3, 0.4) is 0 Å². The number of carbonyl (C=O) groups is 1. The number of benzene rings is 1. The van der Waals surface area contributed by atoms with Gasteiger partial charge in [0.1, 0.15) is 0 Å². The van der Waals surface area contributed by atoms with E-state index in [0.29, 0.717) is 6.54 Å². The number of ether oxygens (including phenoxy) is 1. The second kappa shape index (κ2) is 6.65. The lowest BCUT2D eigenvalue weighted by atomic mass is 10.1. The first-order chi connectivity index (χ1) is 7.33. The summed E-state index contributed by atoms with van der Waals surface area (Å²) in [5.41, 5.74) is 1.26. The smallest absolute Gasteiger partial charge is 0.407 e. The fourth-order valence-electron chi connectivity index (χ4n) is 1.13. The molecule has 1 amide bonds. The van der Waals surface area contributed by atoms with Crippen LogP contribution in [-0.4, -0.2) is 19.7 Å². The molecule has 1 N–H and O–H groups in total. The van der Waals surface area contributed by atoms with Crippen molar-refractivity contribution in [3.63, 3.8) is 0 Å². The normalized spacial score (nSPS) is 10.2. The molecular weight excluding hydrogens is 190 g/mol. The molecule has 0 aromatic heterocycles. The third kappa shape index (κ3) is 4.86. The fourth-order valence-corrected chi connectivity index (χ4v) is 1.13. The first kappa shape index (κ1) is 11.3. The van der Waals surface area contributed by atoms with Gasteiger partial charge in [0.2, 0.25) is 0 Å². The Balaban J connectivity index is 2.20. The van der Waals surface area contributed by atoms with Crippen LogP contribution in [0.15, 0.2) is 42.5 Å². The lowest BCUT2D eigenvalue weighted by Crippen LogP contribution is -2.22. The topological polar surface area (TPSA) is 38.3 Å². The molecule has 0 aliphatic heterocycles. The van der Waals surface area contributed by atoms with Crippen LogP contribution in [0.25, 0.3) is 0 Å². The Hall–Kier alpha value is -1.77. The molecule has 1 aromatic carbocycles. The van der Waals surface area contributed by atoms with Gasteiger partial charge in [-0.1, -0.05) is 42.5 Å². The van der Waals surface area contributed by atoms with Gasteiger partial charge in [0.15, 0.2) is 0 Å². The monoisotopic (exact) mass is 205 g/mol. The van der Waals surface area contributed by atoms with E-state index in [1.807, 2.05) is 30.4 Å². The number of allylic oxidation sites excluding steroid dienone is 1. The molecule has 3 nitrogen and oxygen atoms in total. The predicted molar refractivity (Wildman–Crippen MR) is 59.7 cm³/mol. The van der Waals surface area contributed by atoms with E-state index in [9.17, 15) is 4.79 Å². The van der Waals surface area contributed by atoms with Crippen LogP contribution in [0.4, 0.5) is 4.79 Å². The molecule has 0 saturated carbocycles. The Morgan fingerprint density at radius 3 is 2.73 bits per heavy atom. The summed E-state index contributed by atoms with van der Waals surface area (Å²) in [5, 5.41) is 2.57. The number of rotatable bonds is 4. The Morgan fingerprint density at radius 2 is 2.07 bits per heavy atom. The van der Waals surface area contributed by atoms with E-state index in [-0.39, 0.29) is 0 Å². The third-order valence-electron chi connectivity index (χ3n) is 1.91. The molecule has 0 atom stereocenters. The molecule has 0 fully saturated rings. The number of hydrogen-bond donors (Lipinski definition) is 1. The van der Waals surface area contributed by atoms with Crippen molar-refractivity contribution in [3.8, 4) is 0 Å². The lowest BCUT2D eigenvalue weighted by Gasteiger charge is -1.98. The van der Waals surface area contributed by atoms with Gasteiger partial charge < -0.3 is 10.1 Å². The summed E-state index contributed by atoms with van der Waals surface area (Å²) in [6, 6.07) is 10.1. The van der Waals surface area contributed by atoms with Crippen LogP contribution in [0, 0.1) is 0 Å². The molecule has 3 heteroatoms. The average Bonchev–Trinajstić information content (AvgIpc) is 2.29. The van der Waals surface area contributed by atoms with Gasteiger partial charge in [-0.05, 0) is 12.0 Å². The first-order valence-electron chi connectivity index (χ1n) is 4.83. The number of alkyl carbamates (subject to hydrolysis) is 1. The number of amides is 1. The molecule has 0 bridgehead atoms. The summed E-state index contributed by atoms with van der Waals surface area (Å²) >= 11 is 0. The Bertz CT molecular complexity index is 320. The number of nitrogens with one attached hydrogen (secondary N) is 1. The summed E-state index contributed by atoms with van der Waals surface area (Å²) in [4.78, 5) is 10.7. The van der Waals surface area contributed by atoms with Crippen molar-refractivity contribution < 1.29 is 9.53 Å². The van der Waals surface area contributed by atoms with Gasteiger partial charge in [-0.15, -0.1) is 0 Å². The van der Waals surface area contributed by atoms with Crippen molar-refractivity contribution in [2.45, 2.75) is 6.42 Å². The maximum absolute atomic E-state index is 10.7. The van der Waals surface area contributed by atoms with Gasteiger partial charge >= 0.3 is 6.09 Å². The molecule has 0 aliphatic carbocycles. The van der Waals surface area contributed by atoms with Crippen LogP contribution in [0.2, 0.25) is 0 Å². The molecule has 15 heavy (non-hydrogen) atoms. The van der Waals surface area contributed by atoms with E-state index >= 15 is 0 Å².